The van der Waals surface area contributed by atoms with E-state index in [0.717, 1.165) is 6.07 Å². The van der Waals surface area contributed by atoms with Crippen LogP contribution in [-0.4, -0.2) is 42.5 Å². The Balaban J connectivity index is 2.42. The Hall–Kier alpha value is -2.09. The van der Waals surface area contributed by atoms with Gasteiger partial charge >= 0.3 is 0 Å². The smallest absolute Gasteiger partial charge is 0.287 e. The second-order valence-electron chi connectivity index (χ2n) is 3.95. The van der Waals surface area contributed by atoms with E-state index in [4.69, 9.17) is 5.11 Å². The van der Waals surface area contributed by atoms with E-state index in [9.17, 15) is 22.8 Å². The quantitative estimate of drug-likeness (QED) is 0.705. The van der Waals surface area contributed by atoms with E-state index in [0.29, 0.717) is 0 Å². The lowest BCUT2D eigenvalue weighted by Crippen LogP contribution is -2.43. The molecule has 0 aliphatic heterocycles. The first-order chi connectivity index (χ1) is 9.35. The molecule has 1 aromatic rings. The van der Waals surface area contributed by atoms with Gasteiger partial charge in [-0.25, -0.2) is 13.2 Å². The van der Waals surface area contributed by atoms with Crippen molar-refractivity contribution in [1.82, 2.24) is 10.6 Å². The van der Waals surface area contributed by atoms with Gasteiger partial charge in [-0.3, -0.25) is 9.59 Å². The number of hydrogen-bond donors (Lipinski definition) is 3. The minimum Gasteiger partial charge on any atom is -0.390 e. The summed E-state index contributed by atoms with van der Waals surface area (Å²) < 4.78 is 38.5. The number of rotatable bonds is 6. The maximum Gasteiger partial charge on any atom is 0.287 e. The molecule has 110 valence electrons. The molecule has 1 aromatic carbocycles. The van der Waals surface area contributed by atoms with Crippen LogP contribution < -0.4 is 10.6 Å². The molecule has 0 heterocycles. The predicted molar refractivity (Wildman–Crippen MR) is 63.8 cm³/mol. The van der Waals surface area contributed by atoms with Crippen LogP contribution in [0.2, 0.25) is 0 Å². The van der Waals surface area contributed by atoms with E-state index in [1.54, 1.807) is 0 Å². The number of alkyl halides is 2. The van der Waals surface area contributed by atoms with Gasteiger partial charge in [0.25, 0.3) is 11.8 Å². The molecule has 0 aliphatic carbocycles. The fourth-order valence-electron chi connectivity index (χ4n) is 1.25. The number of aliphatic hydroxyl groups is 1. The number of carbonyl (C=O) groups is 2. The first kappa shape index (κ1) is 16.0. The van der Waals surface area contributed by atoms with Crippen LogP contribution in [0, 0.1) is 5.82 Å². The molecule has 0 fully saturated rings. The lowest BCUT2D eigenvalue weighted by molar-refractivity contribution is -0.123. The molecule has 0 saturated heterocycles. The number of halogens is 3. The summed E-state index contributed by atoms with van der Waals surface area (Å²) in [6.45, 7) is -3.01. The first-order valence-electron chi connectivity index (χ1n) is 5.64. The molecule has 3 N–H and O–H groups in total. The van der Waals surface area contributed by atoms with Crippen LogP contribution in [-0.2, 0) is 4.79 Å². The van der Waals surface area contributed by atoms with E-state index in [-0.39, 0.29) is 5.56 Å². The molecule has 0 radical (unpaired) electrons. The van der Waals surface area contributed by atoms with E-state index in [2.05, 4.69) is 5.32 Å². The largest absolute Gasteiger partial charge is 0.390 e. The van der Waals surface area contributed by atoms with Gasteiger partial charge in [-0.15, -0.1) is 0 Å². The monoisotopic (exact) mass is 290 g/mol. The molecular formula is C12H13F3N2O3. The minimum atomic E-state index is -3.43. The molecule has 5 nitrogen and oxygen atoms in total. The summed E-state index contributed by atoms with van der Waals surface area (Å²) in [4.78, 5) is 22.7. The Morgan fingerprint density at radius 1 is 1.20 bits per heavy atom. The first-order valence-corrected chi connectivity index (χ1v) is 5.64. The maximum absolute atomic E-state index is 13.2. The third kappa shape index (κ3) is 4.88. The van der Waals surface area contributed by atoms with Gasteiger partial charge < -0.3 is 15.7 Å². The second kappa shape index (κ2) is 6.90. The maximum atomic E-state index is 13.2. The van der Waals surface area contributed by atoms with Crippen molar-refractivity contribution in [1.29, 1.82) is 0 Å². The molecule has 20 heavy (non-hydrogen) atoms. The zero-order chi connectivity index (χ0) is 15.2. The van der Waals surface area contributed by atoms with Crippen LogP contribution in [0.1, 0.15) is 10.4 Å². The van der Waals surface area contributed by atoms with Crippen molar-refractivity contribution in [3.63, 3.8) is 0 Å². The van der Waals surface area contributed by atoms with Crippen LogP contribution in [0.4, 0.5) is 13.2 Å². The predicted octanol–water partition coefficient (Wildman–Crippen LogP) is 0.299. The molecule has 8 heteroatoms. The van der Waals surface area contributed by atoms with Crippen molar-refractivity contribution >= 4 is 11.8 Å². The van der Waals surface area contributed by atoms with E-state index in [1.165, 1.54) is 18.2 Å². The topological polar surface area (TPSA) is 78.4 Å². The number of nitrogens with one attached hydrogen (secondary N) is 2. The molecular weight excluding hydrogens is 277 g/mol. The highest BCUT2D eigenvalue weighted by molar-refractivity contribution is 5.96. The van der Waals surface area contributed by atoms with Crippen molar-refractivity contribution < 1.29 is 27.9 Å². The molecule has 0 spiro atoms. The van der Waals surface area contributed by atoms with Gasteiger partial charge in [-0.2, -0.15) is 0 Å². The number of benzene rings is 1. The summed E-state index contributed by atoms with van der Waals surface area (Å²) in [6.07, 6.45) is 0. The fraction of sp³-hybridized carbons (Fsp3) is 0.333. The van der Waals surface area contributed by atoms with Crippen molar-refractivity contribution in [2.24, 2.45) is 0 Å². The molecule has 2 amide bonds. The zero-order valence-corrected chi connectivity index (χ0v) is 10.3. The summed E-state index contributed by atoms with van der Waals surface area (Å²) in [6, 6.07) is 5.15. The molecule has 0 aliphatic rings. The molecule has 0 bridgehead atoms. The minimum absolute atomic E-state index is 0.249. The number of hydrogen-bond acceptors (Lipinski definition) is 3. The zero-order valence-electron chi connectivity index (χ0n) is 10.3. The van der Waals surface area contributed by atoms with Gasteiger partial charge in [0.05, 0.1) is 18.7 Å². The molecule has 1 rings (SSSR count). The number of aliphatic hydroxyl groups excluding tert-OH is 1. The summed E-state index contributed by atoms with van der Waals surface area (Å²) in [5.41, 5.74) is -0.249. The Kier molecular flexibility index (Phi) is 5.51. The highest BCUT2D eigenvalue weighted by Crippen LogP contribution is 2.09. The summed E-state index contributed by atoms with van der Waals surface area (Å²) in [5, 5.41) is 12.2. The Morgan fingerprint density at radius 2 is 1.85 bits per heavy atom. The van der Waals surface area contributed by atoms with Crippen LogP contribution in [0.15, 0.2) is 24.3 Å². The molecule has 0 atom stereocenters. The Morgan fingerprint density at radius 3 is 2.45 bits per heavy atom. The average Bonchev–Trinajstić information content (AvgIpc) is 2.43. The van der Waals surface area contributed by atoms with E-state index in [1.807, 2.05) is 5.32 Å². The van der Waals surface area contributed by atoms with Gasteiger partial charge in [0.1, 0.15) is 12.4 Å². The van der Waals surface area contributed by atoms with Gasteiger partial charge in [-0.1, -0.05) is 12.1 Å². The SMILES string of the molecule is O=C(CNC(=O)c1ccccc1F)NCC(F)(F)CO. The third-order valence-corrected chi connectivity index (χ3v) is 2.30. The Labute approximate surface area is 112 Å². The van der Waals surface area contributed by atoms with Crippen molar-refractivity contribution in [2.75, 3.05) is 19.7 Å². The summed E-state index contributed by atoms with van der Waals surface area (Å²) in [7, 11) is 0. The highest BCUT2D eigenvalue weighted by atomic mass is 19.3. The summed E-state index contributed by atoms with van der Waals surface area (Å²) >= 11 is 0. The lowest BCUT2D eigenvalue weighted by atomic mass is 10.2. The van der Waals surface area contributed by atoms with E-state index < -0.39 is 43.3 Å². The van der Waals surface area contributed by atoms with Crippen LogP contribution in [0.25, 0.3) is 0 Å². The highest BCUT2D eigenvalue weighted by Gasteiger charge is 2.28. The van der Waals surface area contributed by atoms with Gasteiger partial charge in [-0.05, 0) is 12.1 Å². The molecule has 0 unspecified atom stereocenters. The lowest BCUT2D eigenvalue weighted by Gasteiger charge is -2.14. The standard InChI is InChI=1S/C12H13F3N2O3/c13-9-4-2-1-3-8(9)11(20)16-5-10(19)17-6-12(14,15)7-18/h1-4,18H,5-7H2,(H,16,20)(H,17,19). The van der Waals surface area contributed by atoms with Crippen molar-refractivity contribution in [3.05, 3.63) is 35.6 Å². The van der Waals surface area contributed by atoms with Gasteiger partial charge in [0, 0.05) is 0 Å². The fourth-order valence-corrected chi connectivity index (χ4v) is 1.25. The van der Waals surface area contributed by atoms with Crippen LogP contribution in [0.5, 0.6) is 0 Å². The van der Waals surface area contributed by atoms with Crippen LogP contribution >= 0.6 is 0 Å². The average molecular weight is 290 g/mol. The number of carbonyl (C=O) groups excluding carboxylic acids is 2. The van der Waals surface area contributed by atoms with Gasteiger partial charge in [0.15, 0.2) is 0 Å². The third-order valence-electron chi connectivity index (χ3n) is 2.30. The molecule has 0 saturated carbocycles. The summed E-state index contributed by atoms with van der Waals surface area (Å²) in [5.74, 6) is -5.88. The van der Waals surface area contributed by atoms with Gasteiger partial charge in [0.2, 0.25) is 5.91 Å². The van der Waals surface area contributed by atoms with E-state index >= 15 is 0 Å². The Bertz CT molecular complexity index is 495. The number of amides is 2. The second-order valence-corrected chi connectivity index (χ2v) is 3.95. The normalized spacial score (nSPS) is 11.0. The van der Waals surface area contributed by atoms with Crippen LogP contribution in [0.3, 0.4) is 0 Å². The molecule has 0 aromatic heterocycles. The van der Waals surface area contributed by atoms with Crippen molar-refractivity contribution in [2.45, 2.75) is 5.92 Å². The van der Waals surface area contributed by atoms with Crippen molar-refractivity contribution in [3.8, 4) is 0 Å².